The van der Waals surface area contributed by atoms with Gasteiger partial charge in [-0.2, -0.15) is 4.98 Å². The molecule has 1 N–H and O–H groups in total. The molecular formula is C14H14N2O3. The van der Waals surface area contributed by atoms with Gasteiger partial charge in [0.1, 0.15) is 5.58 Å². The zero-order valence-corrected chi connectivity index (χ0v) is 10.5. The van der Waals surface area contributed by atoms with Crippen molar-refractivity contribution in [3.63, 3.8) is 0 Å². The third-order valence-corrected chi connectivity index (χ3v) is 2.89. The number of benzene rings is 1. The van der Waals surface area contributed by atoms with Crippen molar-refractivity contribution in [2.45, 2.75) is 25.9 Å². The monoisotopic (exact) mass is 258 g/mol. The standard InChI is InChI=1S/C14H14N2O3/c1-9(17)6-7-13-15-14(16-19-13)12-8-10-4-2-3-5-11(10)18-12/h2-5,8-9,17H,6-7H2,1H3. The molecule has 0 aliphatic carbocycles. The molecule has 3 rings (SSSR count). The van der Waals surface area contributed by atoms with Gasteiger partial charge in [0.05, 0.1) is 6.10 Å². The van der Waals surface area contributed by atoms with E-state index in [9.17, 15) is 5.11 Å². The molecule has 0 saturated heterocycles. The summed E-state index contributed by atoms with van der Waals surface area (Å²) in [7, 11) is 0. The van der Waals surface area contributed by atoms with Gasteiger partial charge in [-0.1, -0.05) is 23.4 Å². The van der Waals surface area contributed by atoms with Crippen LogP contribution in [0.25, 0.3) is 22.6 Å². The molecule has 0 fully saturated rings. The summed E-state index contributed by atoms with van der Waals surface area (Å²) in [5, 5.41) is 14.1. The van der Waals surface area contributed by atoms with E-state index in [0.29, 0.717) is 30.3 Å². The molecule has 1 atom stereocenters. The number of rotatable bonds is 4. The van der Waals surface area contributed by atoms with Gasteiger partial charge in [0, 0.05) is 11.8 Å². The molecule has 3 aromatic rings. The van der Waals surface area contributed by atoms with E-state index >= 15 is 0 Å². The highest BCUT2D eigenvalue weighted by atomic mass is 16.5. The third-order valence-electron chi connectivity index (χ3n) is 2.89. The molecule has 0 radical (unpaired) electrons. The second kappa shape index (κ2) is 4.85. The van der Waals surface area contributed by atoms with Gasteiger partial charge in [0.25, 0.3) is 0 Å². The van der Waals surface area contributed by atoms with Crippen LogP contribution in [-0.4, -0.2) is 21.4 Å². The predicted molar refractivity (Wildman–Crippen MR) is 69.5 cm³/mol. The number of aliphatic hydroxyl groups excluding tert-OH is 1. The Morgan fingerprint density at radius 3 is 2.95 bits per heavy atom. The second-order valence-corrected chi connectivity index (χ2v) is 4.55. The number of aromatic nitrogens is 2. The topological polar surface area (TPSA) is 72.3 Å². The SMILES string of the molecule is CC(O)CCc1nc(-c2cc3ccccc3o2)no1. The molecule has 5 nitrogen and oxygen atoms in total. The molecule has 0 spiro atoms. The number of furan rings is 1. The summed E-state index contributed by atoms with van der Waals surface area (Å²) in [6, 6.07) is 9.62. The largest absolute Gasteiger partial charge is 0.453 e. The van der Waals surface area contributed by atoms with E-state index in [0.717, 1.165) is 11.0 Å². The molecule has 5 heteroatoms. The highest BCUT2D eigenvalue weighted by Crippen LogP contribution is 2.25. The normalized spacial score (nSPS) is 12.9. The zero-order valence-electron chi connectivity index (χ0n) is 10.5. The van der Waals surface area contributed by atoms with Gasteiger partial charge in [-0.15, -0.1) is 0 Å². The van der Waals surface area contributed by atoms with Crippen LogP contribution in [0.1, 0.15) is 19.2 Å². The van der Waals surface area contributed by atoms with Crippen LogP contribution in [0.3, 0.4) is 0 Å². The Kier molecular flexibility index (Phi) is 3.05. The third kappa shape index (κ3) is 2.51. The fourth-order valence-electron chi connectivity index (χ4n) is 1.88. The van der Waals surface area contributed by atoms with Crippen molar-refractivity contribution >= 4 is 11.0 Å². The number of fused-ring (bicyclic) bond motifs is 1. The summed E-state index contributed by atoms with van der Waals surface area (Å²) in [5.41, 5.74) is 0.799. The van der Waals surface area contributed by atoms with E-state index in [1.807, 2.05) is 30.3 Å². The Morgan fingerprint density at radius 1 is 1.32 bits per heavy atom. The number of aryl methyl sites for hydroxylation is 1. The van der Waals surface area contributed by atoms with Crippen LogP contribution in [-0.2, 0) is 6.42 Å². The average Bonchev–Trinajstić information content (AvgIpc) is 3.02. The lowest BCUT2D eigenvalue weighted by Crippen LogP contribution is -2.01. The number of hydrogen-bond donors (Lipinski definition) is 1. The molecule has 2 heterocycles. The maximum absolute atomic E-state index is 9.22. The van der Waals surface area contributed by atoms with Gasteiger partial charge >= 0.3 is 0 Å². The van der Waals surface area contributed by atoms with Crippen LogP contribution in [0, 0.1) is 0 Å². The maximum Gasteiger partial charge on any atom is 0.238 e. The van der Waals surface area contributed by atoms with E-state index in [1.165, 1.54) is 0 Å². The highest BCUT2D eigenvalue weighted by molar-refractivity contribution is 5.81. The van der Waals surface area contributed by atoms with Crippen LogP contribution < -0.4 is 0 Å². The van der Waals surface area contributed by atoms with Crippen LogP contribution in [0.2, 0.25) is 0 Å². The Labute approximate surface area is 109 Å². The molecule has 1 unspecified atom stereocenters. The molecule has 2 aromatic heterocycles. The van der Waals surface area contributed by atoms with Crippen molar-refractivity contribution in [3.8, 4) is 11.6 Å². The van der Waals surface area contributed by atoms with Gasteiger partial charge in [0.2, 0.25) is 11.7 Å². The van der Waals surface area contributed by atoms with E-state index in [-0.39, 0.29) is 6.10 Å². The number of nitrogens with zero attached hydrogens (tertiary/aromatic N) is 2. The van der Waals surface area contributed by atoms with Gasteiger partial charge in [-0.05, 0) is 25.5 Å². The first-order chi connectivity index (χ1) is 9.22. The quantitative estimate of drug-likeness (QED) is 0.779. The summed E-state index contributed by atoms with van der Waals surface area (Å²) in [5.74, 6) is 1.54. The predicted octanol–water partition coefficient (Wildman–Crippen LogP) is 2.80. The molecule has 0 aliphatic rings. The first-order valence-corrected chi connectivity index (χ1v) is 6.22. The Bertz CT molecular complexity index is 652. The Hall–Kier alpha value is -2.14. The van der Waals surface area contributed by atoms with Crippen molar-refractivity contribution in [1.82, 2.24) is 10.1 Å². The van der Waals surface area contributed by atoms with Crippen molar-refractivity contribution in [2.75, 3.05) is 0 Å². The Balaban J connectivity index is 1.85. The van der Waals surface area contributed by atoms with Crippen molar-refractivity contribution in [2.24, 2.45) is 0 Å². The van der Waals surface area contributed by atoms with Crippen molar-refractivity contribution < 1.29 is 14.0 Å². The van der Waals surface area contributed by atoms with Gasteiger partial charge in [0.15, 0.2) is 5.76 Å². The zero-order chi connectivity index (χ0) is 13.2. The number of para-hydroxylation sites is 1. The van der Waals surface area contributed by atoms with Crippen molar-refractivity contribution in [1.29, 1.82) is 0 Å². The highest BCUT2D eigenvalue weighted by Gasteiger charge is 2.13. The summed E-state index contributed by atoms with van der Waals surface area (Å²) in [4.78, 5) is 4.27. The minimum Gasteiger partial charge on any atom is -0.453 e. The lowest BCUT2D eigenvalue weighted by atomic mass is 10.2. The minimum atomic E-state index is -0.374. The van der Waals surface area contributed by atoms with E-state index in [2.05, 4.69) is 10.1 Å². The van der Waals surface area contributed by atoms with Gasteiger partial charge in [-0.25, -0.2) is 0 Å². The van der Waals surface area contributed by atoms with E-state index in [1.54, 1.807) is 6.92 Å². The summed E-state index contributed by atoms with van der Waals surface area (Å²) in [6.45, 7) is 1.73. The van der Waals surface area contributed by atoms with Crippen LogP contribution in [0.5, 0.6) is 0 Å². The smallest absolute Gasteiger partial charge is 0.238 e. The molecule has 0 aliphatic heterocycles. The lowest BCUT2D eigenvalue weighted by Gasteiger charge is -1.97. The molecule has 0 amide bonds. The molecule has 0 bridgehead atoms. The summed E-state index contributed by atoms with van der Waals surface area (Å²) >= 11 is 0. The van der Waals surface area contributed by atoms with Gasteiger partial charge in [-0.3, -0.25) is 0 Å². The van der Waals surface area contributed by atoms with Crippen LogP contribution in [0.15, 0.2) is 39.3 Å². The van der Waals surface area contributed by atoms with Crippen LogP contribution >= 0.6 is 0 Å². The number of hydrogen-bond acceptors (Lipinski definition) is 5. The first kappa shape index (κ1) is 11.9. The molecule has 98 valence electrons. The summed E-state index contributed by atoms with van der Waals surface area (Å²) in [6.07, 6.45) is 0.786. The molecule has 19 heavy (non-hydrogen) atoms. The Morgan fingerprint density at radius 2 is 2.16 bits per heavy atom. The van der Waals surface area contributed by atoms with Crippen LogP contribution in [0.4, 0.5) is 0 Å². The summed E-state index contributed by atoms with van der Waals surface area (Å²) < 4.78 is 10.8. The lowest BCUT2D eigenvalue weighted by molar-refractivity contribution is 0.180. The fraction of sp³-hybridized carbons (Fsp3) is 0.286. The fourth-order valence-corrected chi connectivity index (χ4v) is 1.88. The molecule has 1 aromatic carbocycles. The van der Waals surface area contributed by atoms with Crippen molar-refractivity contribution in [3.05, 3.63) is 36.2 Å². The van der Waals surface area contributed by atoms with Gasteiger partial charge < -0.3 is 14.0 Å². The molecule has 0 saturated carbocycles. The van der Waals surface area contributed by atoms with E-state index in [4.69, 9.17) is 8.94 Å². The number of aliphatic hydroxyl groups is 1. The molecular weight excluding hydrogens is 244 g/mol. The van der Waals surface area contributed by atoms with E-state index < -0.39 is 0 Å². The second-order valence-electron chi connectivity index (χ2n) is 4.55. The minimum absolute atomic E-state index is 0.374. The maximum atomic E-state index is 9.22. The first-order valence-electron chi connectivity index (χ1n) is 6.22. The average molecular weight is 258 g/mol.